The van der Waals surface area contributed by atoms with Gasteiger partial charge in [-0.15, -0.1) is 11.8 Å². The van der Waals surface area contributed by atoms with Crippen LogP contribution in [0.3, 0.4) is 0 Å². The summed E-state index contributed by atoms with van der Waals surface area (Å²) in [6.45, 7) is 11.2. The van der Waals surface area contributed by atoms with Crippen molar-refractivity contribution in [1.82, 2.24) is 0 Å². The summed E-state index contributed by atoms with van der Waals surface area (Å²) in [6, 6.07) is 24.6. The molecular formula is C29H34FNO2SSi. The van der Waals surface area contributed by atoms with Gasteiger partial charge < -0.3 is 9.33 Å². The van der Waals surface area contributed by atoms with Crippen LogP contribution in [0.15, 0.2) is 78.9 Å². The lowest BCUT2D eigenvalue weighted by atomic mass is 9.92. The van der Waals surface area contributed by atoms with Crippen molar-refractivity contribution in [2.24, 2.45) is 0 Å². The molecule has 3 aromatic carbocycles. The second-order valence-electron chi connectivity index (χ2n) is 10.6. The van der Waals surface area contributed by atoms with Crippen LogP contribution < -0.4 is 9.33 Å². The Kier molecular flexibility index (Phi) is 7.43. The number of hydrogen-bond donors (Lipinski definition) is 0. The molecule has 1 amide bonds. The van der Waals surface area contributed by atoms with E-state index < -0.39 is 8.32 Å². The normalized spacial score (nSPS) is 18.3. The van der Waals surface area contributed by atoms with Crippen molar-refractivity contribution < 1.29 is 13.6 Å². The van der Waals surface area contributed by atoms with Crippen LogP contribution in [0.5, 0.6) is 5.75 Å². The van der Waals surface area contributed by atoms with E-state index in [0.717, 1.165) is 29.2 Å². The first-order chi connectivity index (χ1) is 16.6. The molecule has 0 bridgehead atoms. The van der Waals surface area contributed by atoms with Gasteiger partial charge >= 0.3 is 0 Å². The van der Waals surface area contributed by atoms with E-state index in [1.807, 2.05) is 30.3 Å². The molecule has 0 aromatic heterocycles. The summed E-state index contributed by atoms with van der Waals surface area (Å²) >= 11 is 1.70. The maximum absolute atomic E-state index is 13.5. The SMILES string of the molecule is CC(C)(C)[Si](C)(C)Oc1ccc([C@@H]2[C@@H](SCCc3ccccc3)C(=O)N2c2ccc(F)cc2)cc1. The van der Waals surface area contributed by atoms with Crippen LogP contribution >= 0.6 is 11.8 Å². The number of carbonyl (C=O) groups excluding carboxylic acids is 1. The number of anilines is 1. The molecule has 6 heteroatoms. The van der Waals surface area contributed by atoms with Gasteiger partial charge in [0, 0.05) is 5.69 Å². The van der Waals surface area contributed by atoms with E-state index in [2.05, 4.69) is 58.1 Å². The van der Waals surface area contributed by atoms with E-state index in [0.29, 0.717) is 0 Å². The molecule has 0 aliphatic carbocycles. The minimum atomic E-state index is -1.93. The van der Waals surface area contributed by atoms with Crippen molar-refractivity contribution >= 4 is 31.7 Å². The largest absolute Gasteiger partial charge is 0.544 e. The molecule has 184 valence electrons. The Morgan fingerprint density at radius 2 is 1.57 bits per heavy atom. The zero-order valence-corrected chi connectivity index (χ0v) is 22.9. The second-order valence-corrected chi connectivity index (χ2v) is 16.6. The molecule has 1 aliphatic heterocycles. The Hall–Kier alpha value is -2.57. The summed E-state index contributed by atoms with van der Waals surface area (Å²) in [5.41, 5.74) is 3.06. The van der Waals surface area contributed by atoms with Gasteiger partial charge in [0.05, 0.1) is 6.04 Å². The predicted octanol–water partition coefficient (Wildman–Crippen LogP) is 7.64. The number of β-lactam (4-membered cyclic amide) rings is 1. The molecule has 0 radical (unpaired) electrons. The van der Waals surface area contributed by atoms with E-state index in [9.17, 15) is 9.18 Å². The Bertz CT molecular complexity index is 1140. The summed E-state index contributed by atoms with van der Waals surface area (Å²) in [4.78, 5) is 15.0. The van der Waals surface area contributed by atoms with Crippen molar-refractivity contribution in [3.05, 3.63) is 95.8 Å². The van der Waals surface area contributed by atoms with Crippen molar-refractivity contribution in [2.75, 3.05) is 10.7 Å². The number of nitrogens with zero attached hydrogens (tertiary/aromatic N) is 1. The molecule has 3 nitrogen and oxygen atoms in total. The zero-order valence-electron chi connectivity index (χ0n) is 21.1. The monoisotopic (exact) mass is 507 g/mol. The van der Waals surface area contributed by atoms with Crippen LogP contribution in [-0.2, 0) is 11.2 Å². The van der Waals surface area contributed by atoms with Gasteiger partial charge in [0.15, 0.2) is 0 Å². The van der Waals surface area contributed by atoms with Crippen LogP contribution in [-0.4, -0.2) is 25.2 Å². The van der Waals surface area contributed by atoms with E-state index in [-0.39, 0.29) is 28.1 Å². The molecular weight excluding hydrogens is 473 g/mol. The standard InChI is InChI=1S/C29H34FNO2SSi/c1-29(2,3)35(4,5)33-25-17-11-22(12-18-25)26-27(34-20-19-21-9-7-6-8-10-21)28(32)31(26)24-15-13-23(30)14-16-24/h6-18,26-27H,19-20H2,1-5H3/t26-,27-/m1/s1. The molecule has 1 aliphatic rings. The molecule has 35 heavy (non-hydrogen) atoms. The first-order valence-electron chi connectivity index (χ1n) is 12.1. The van der Waals surface area contributed by atoms with Crippen molar-refractivity contribution in [3.8, 4) is 5.75 Å². The zero-order chi connectivity index (χ0) is 25.2. The van der Waals surface area contributed by atoms with Crippen LogP contribution in [0.25, 0.3) is 0 Å². The number of rotatable bonds is 8. The summed E-state index contributed by atoms with van der Waals surface area (Å²) in [5, 5.41) is -0.0534. The third-order valence-electron chi connectivity index (χ3n) is 7.08. The summed E-state index contributed by atoms with van der Waals surface area (Å²) in [5.74, 6) is 1.49. The highest BCUT2D eigenvalue weighted by atomic mass is 32.2. The second kappa shape index (κ2) is 10.2. The van der Waals surface area contributed by atoms with Gasteiger partial charge in [-0.05, 0) is 77.8 Å². The number of hydrogen-bond acceptors (Lipinski definition) is 3. The number of benzene rings is 3. The van der Waals surface area contributed by atoms with Crippen LogP contribution in [0.1, 0.15) is 37.9 Å². The summed E-state index contributed by atoms with van der Waals surface area (Å²) in [7, 11) is -1.93. The highest BCUT2D eigenvalue weighted by Crippen LogP contribution is 2.46. The predicted molar refractivity (Wildman–Crippen MR) is 147 cm³/mol. The number of carbonyl (C=O) groups is 1. The lowest BCUT2D eigenvalue weighted by Gasteiger charge is -2.47. The molecule has 0 spiro atoms. The topological polar surface area (TPSA) is 29.5 Å². The lowest BCUT2D eigenvalue weighted by molar-refractivity contribution is -0.123. The lowest BCUT2D eigenvalue weighted by Crippen LogP contribution is -2.57. The Labute approximate surface area is 213 Å². The van der Waals surface area contributed by atoms with Gasteiger partial charge in [-0.25, -0.2) is 4.39 Å². The van der Waals surface area contributed by atoms with E-state index in [4.69, 9.17) is 4.43 Å². The van der Waals surface area contributed by atoms with Crippen molar-refractivity contribution in [1.29, 1.82) is 0 Å². The molecule has 1 fully saturated rings. The average molecular weight is 508 g/mol. The smallest absolute Gasteiger partial charge is 0.250 e. The Morgan fingerprint density at radius 1 is 0.943 bits per heavy atom. The maximum Gasteiger partial charge on any atom is 0.250 e. The van der Waals surface area contributed by atoms with Crippen LogP contribution in [0, 0.1) is 5.82 Å². The number of halogens is 1. The highest BCUT2D eigenvalue weighted by Gasteiger charge is 2.49. The first kappa shape index (κ1) is 25.5. The van der Waals surface area contributed by atoms with E-state index in [1.54, 1.807) is 28.8 Å². The van der Waals surface area contributed by atoms with Gasteiger partial charge in [-0.3, -0.25) is 4.79 Å². The molecule has 0 N–H and O–H groups in total. The molecule has 0 unspecified atom stereocenters. The van der Waals surface area contributed by atoms with Gasteiger partial charge in [0.2, 0.25) is 14.2 Å². The third-order valence-corrected chi connectivity index (χ3v) is 12.7. The minimum absolute atomic E-state index is 0.0706. The molecule has 1 saturated heterocycles. The highest BCUT2D eigenvalue weighted by molar-refractivity contribution is 8.00. The maximum atomic E-state index is 13.5. The molecule has 4 rings (SSSR count). The molecule has 0 saturated carbocycles. The minimum Gasteiger partial charge on any atom is -0.544 e. The average Bonchev–Trinajstić information content (AvgIpc) is 2.81. The Morgan fingerprint density at radius 3 is 2.17 bits per heavy atom. The third kappa shape index (κ3) is 5.65. The van der Waals surface area contributed by atoms with E-state index >= 15 is 0 Å². The first-order valence-corrected chi connectivity index (χ1v) is 16.1. The van der Waals surface area contributed by atoms with Crippen LogP contribution in [0.4, 0.5) is 10.1 Å². The summed E-state index contributed by atoms with van der Waals surface area (Å²) < 4.78 is 20.0. The number of amides is 1. The summed E-state index contributed by atoms with van der Waals surface area (Å²) in [6.07, 6.45) is 0.915. The Balaban J connectivity index is 1.54. The van der Waals surface area contributed by atoms with Crippen molar-refractivity contribution in [3.63, 3.8) is 0 Å². The molecule has 3 aromatic rings. The fourth-order valence-corrected chi connectivity index (χ4v) is 6.32. The van der Waals surface area contributed by atoms with Gasteiger partial charge in [0.1, 0.15) is 16.8 Å². The van der Waals surface area contributed by atoms with Gasteiger partial charge in [-0.1, -0.05) is 63.2 Å². The fraction of sp³-hybridized carbons (Fsp3) is 0.345. The van der Waals surface area contributed by atoms with Crippen molar-refractivity contribution in [2.45, 2.75) is 56.6 Å². The quantitative estimate of drug-likeness (QED) is 0.232. The molecule has 1 heterocycles. The number of thioether (sulfide) groups is 1. The van der Waals surface area contributed by atoms with Gasteiger partial charge in [-0.2, -0.15) is 0 Å². The fourth-order valence-electron chi connectivity index (χ4n) is 3.97. The molecule has 2 atom stereocenters. The number of aryl methyl sites for hydroxylation is 1. The van der Waals surface area contributed by atoms with E-state index in [1.165, 1.54) is 17.7 Å². The van der Waals surface area contributed by atoms with Crippen LogP contribution in [0.2, 0.25) is 18.1 Å². The van der Waals surface area contributed by atoms with Gasteiger partial charge in [0.25, 0.3) is 0 Å².